The number of ketones is 1. The largest absolute Gasteiger partial charge is 0.493 e. The minimum Gasteiger partial charge on any atom is -0.493 e. The number of hydrogen-bond donors (Lipinski definition) is 1. The minimum atomic E-state index is -0.389. The lowest BCUT2D eigenvalue weighted by Crippen LogP contribution is -2.37. The monoisotopic (exact) mass is 340 g/mol. The highest BCUT2D eigenvalue weighted by Crippen LogP contribution is 2.65. The van der Waals surface area contributed by atoms with Gasteiger partial charge >= 0.3 is 0 Å². The van der Waals surface area contributed by atoms with Crippen LogP contribution in [0.4, 0.5) is 0 Å². The van der Waals surface area contributed by atoms with Crippen molar-refractivity contribution < 1.29 is 14.3 Å². The van der Waals surface area contributed by atoms with Crippen LogP contribution in [0.1, 0.15) is 32.3 Å². The van der Waals surface area contributed by atoms with Crippen molar-refractivity contribution in [1.29, 1.82) is 0 Å². The van der Waals surface area contributed by atoms with Crippen molar-refractivity contribution in [1.82, 2.24) is 5.32 Å². The zero-order chi connectivity index (χ0) is 18.6. The molecule has 0 spiro atoms. The lowest BCUT2D eigenvalue weighted by molar-refractivity contribution is -0.119. The zero-order valence-electron chi connectivity index (χ0n) is 16.0. The number of carbonyl (C=O) groups is 1. The van der Waals surface area contributed by atoms with Crippen molar-refractivity contribution in [3.63, 3.8) is 0 Å². The van der Waals surface area contributed by atoms with Crippen molar-refractivity contribution in [2.24, 2.45) is 0 Å². The molecular formula is C19H28B2NO3. The number of Topliss-reactive ketones (excluding diaryl/α,β-unsaturated/α-hetero) is 1. The van der Waals surface area contributed by atoms with Crippen molar-refractivity contribution >= 4 is 20.9 Å². The number of fused-ring (bicyclic) bond motifs is 1. The molecule has 4 unspecified atom stereocenters. The summed E-state index contributed by atoms with van der Waals surface area (Å²) in [5.41, 5.74) is 1.07. The number of benzene rings is 1. The van der Waals surface area contributed by atoms with Gasteiger partial charge in [-0.2, -0.15) is 0 Å². The van der Waals surface area contributed by atoms with Crippen LogP contribution in [-0.4, -0.2) is 48.7 Å². The molecule has 3 radical (unpaired) electrons. The molecule has 6 heteroatoms. The third-order valence-corrected chi connectivity index (χ3v) is 5.36. The quantitative estimate of drug-likeness (QED) is 0.809. The molecule has 1 saturated heterocycles. The SMILES string of the molecule is CC.[B]C1CC(CCNC)(c2ccc(OC)c(OC)c2)C2[B]C2C1=O. The molecule has 1 aliphatic heterocycles. The maximum Gasteiger partial charge on any atom is 0.161 e. The predicted molar refractivity (Wildman–Crippen MR) is 103 cm³/mol. The third-order valence-electron chi connectivity index (χ3n) is 5.36. The molecule has 133 valence electrons. The summed E-state index contributed by atoms with van der Waals surface area (Å²) in [4.78, 5) is 12.2. The van der Waals surface area contributed by atoms with E-state index in [9.17, 15) is 4.79 Å². The van der Waals surface area contributed by atoms with E-state index in [1.807, 2.05) is 33.0 Å². The molecule has 3 rings (SSSR count). The number of nitrogens with one attached hydrogen (secondary N) is 1. The Kier molecular flexibility index (Phi) is 6.61. The van der Waals surface area contributed by atoms with Gasteiger partial charge in [-0.25, -0.2) is 0 Å². The van der Waals surface area contributed by atoms with Crippen LogP contribution in [-0.2, 0) is 10.2 Å². The van der Waals surface area contributed by atoms with Gasteiger partial charge in [-0.15, -0.1) is 0 Å². The highest BCUT2D eigenvalue weighted by Gasteiger charge is 2.60. The number of hydrogen-bond acceptors (Lipinski definition) is 4. The zero-order valence-corrected chi connectivity index (χ0v) is 16.0. The van der Waals surface area contributed by atoms with Crippen LogP contribution >= 0.6 is 0 Å². The second-order valence-electron chi connectivity index (χ2n) is 6.54. The second-order valence-corrected chi connectivity index (χ2v) is 6.54. The van der Waals surface area contributed by atoms with Crippen LogP contribution in [0.15, 0.2) is 18.2 Å². The summed E-state index contributed by atoms with van der Waals surface area (Å²) in [7, 11) is 13.5. The first-order valence-electron chi connectivity index (χ1n) is 9.09. The Labute approximate surface area is 153 Å². The number of rotatable bonds is 6. The summed E-state index contributed by atoms with van der Waals surface area (Å²) in [5.74, 6) is 1.53. The van der Waals surface area contributed by atoms with Gasteiger partial charge in [-0.1, -0.05) is 25.7 Å². The first-order chi connectivity index (χ1) is 12.1. The van der Waals surface area contributed by atoms with Gasteiger partial charge < -0.3 is 19.6 Å². The molecule has 0 aromatic heterocycles. The van der Waals surface area contributed by atoms with E-state index in [2.05, 4.69) is 18.7 Å². The molecule has 1 heterocycles. The van der Waals surface area contributed by atoms with Gasteiger partial charge in [0.1, 0.15) is 13.1 Å². The van der Waals surface area contributed by atoms with Crippen LogP contribution in [0.3, 0.4) is 0 Å². The molecule has 2 fully saturated rings. The van der Waals surface area contributed by atoms with Crippen LogP contribution in [0, 0.1) is 0 Å². The normalized spacial score (nSPS) is 29.6. The summed E-state index contributed by atoms with van der Waals surface area (Å²) in [6.07, 6.45) is 1.62. The third kappa shape index (κ3) is 3.59. The molecule has 1 saturated carbocycles. The average molecular weight is 340 g/mol. The van der Waals surface area contributed by atoms with Gasteiger partial charge in [-0.3, -0.25) is 0 Å². The van der Waals surface area contributed by atoms with Crippen molar-refractivity contribution in [3.05, 3.63) is 23.8 Å². The fourth-order valence-electron chi connectivity index (χ4n) is 4.05. The molecule has 0 bridgehead atoms. The number of methoxy groups -OCH3 is 2. The Morgan fingerprint density at radius 1 is 1.28 bits per heavy atom. The van der Waals surface area contributed by atoms with Gasteiger partial charge in [0.2, 0.25) is 0 Å². The molecule has 1 N–H and O–H groups in total. The maximum atomic E-state index is 12.2. The first kappa shape index (κ1) is 19.9. The molecule has 4 atom stereocenters. The van der Waals surface area contributed by atoms with E-state index >= 15 is 0 Å². The molecular weight excluding hydrogens is 312 g/mol. The Balaban J connectivity index is 0.00000109. The van der Waals surface area contributed by atoms with Gasteiger partial charge in [0, 0.05) is 0 Å². The van der Waals surface area contributed by atoms with E-state index in [-0.39, 0.29) is 28.7 Å². The lowest BCUT2D eigenvalue weighted by Gasteiger charge is -2.41. The fraction of sp³-hybridized carbons (Fsp3) is 0.632. The van der Waals surface area contributed by atoms with Gasteiger partial charge in [0.25, 0.3) is 0 Å². The minimum absolute atomic E-state index is 0.0173. The molecule has 2 aliphatic rings. The molecule has 4 nitrogen and oxygen atoms in total. The summed E-state index contributed by atoms with van der Waals surface area (Å²) < 4.78 is 10.8. The van der Waals surface area contributed by atoms with Crippen molar-refractivity contribution in [3.8, 4) is 11.5 Å². The first-order valence-corrected chi connectivity index (χ1v) is 9.09. The summed E-state index contributed by atoms with van der Waals surface area (Å²) in [6.45, 7) is 4.88. The van der Waals surface area contributed by atoms with Gasteiger partial charge in [0.15, 0.2) is 11.5 Å². The summed E-state index contributed by atoms with van der Waals surface area (Å²) >= 11 is 0. The standard InChI is InChI=1S/C17H22B2NO3.C2H6/c1-20-7-6-17(9-11(18)15(21)14-16(17)19-14)10-4-5-12(22-2)13(8-10)23-3;1-2/h4-5,8,11,14,16,20H,6-7,9H2,1-3H3;1-2H3. The predicted octanol–water partition coefficient (Wildman–Crippen LogP) is 2.80. The Bertz CT molecular complexity index is 606. The van der Waals surface area contributed by atoms with Crippen LogP contribution in [0.2, 0.25) is 17.5 Å². The highest BCUT2D eigenvalue weighted by molar-refractivity contribution is 6.63. The maximum absolute atomic E-state index is 12.2. The van der Waals surface area contributed by atoms with E-state index in [1.165, 1.54) is 5.56 Å². The van der Waals surface area contributed by atoms with Crippen molar-refractivity contribution in [2.75, 3.05) is 27.8 Å². The van der Waals surface area contributed by atoms with Crippen LogP contribution in [0.5, 0.6) is 11.5 Å². The Morgan fingerprint density at radius 3 is 2.56 bits per heavy atom. The van der Waals surface area contributed by atoms with Crippen molar-refractivity contribution in [2.45, 2.75) is 49.6 Å². The highest BCUT2D eigenvalue weighted by atomic mass is 16.5. The van der Waals surface area contributed by atoms with E-state index < -0.39 is 0 Å². The van der Waals surface area contributed by atoms with Gasteiger partial charge in [-0.05, 0) is 61.2 Å². The summed E-state index contributed by atoms with van der Waals surface area (Å²) in [5, 5.41) is 3.23. The van der Waals surface area contributed by atoms with E-state index in [0.717, 1.165) is 18.7 Å². The molecule has 0 amide bonds. The smallest absolute Gasteiger partial charge is 0.161 e. The molecule has 1 aliphatic carbocycles. The molecule has 25 heavy (non-hydrogen) atoms. The Morgan fingerprint density at radius 2 is 1.96 bits per heavy atom. The number of carbonyl (C=O) groups excluding carboxylic acids is 1. The van der Waals surface area contributed by atoms with Crippen LogP contribution in [0.25, 0.3) is 0 Å². The second kappa shape index (κ2) is 8.31. The number of ether oxygens (including phenoxy) is 2. The molecule has 1 aromatic rings. The van der Waals surface area contributed by atoms with Gasteiger partial charge in [0.05, 0.1) is 22.1 Å². The lowest BCUT2D eigenvalue weighted by atomic mass is 9.58. The summed E-state index contributed by atoms with van der Waals surface area (Å²) in [6, 6.07) is 6.07. The van der Waals surface area contributed by atoms with E-state index in [4.69, 9.17) is 17.3 Å². The van der Waals surface area contributed by atoms with E-state index in [1.54, 1.807) is 14.2 Å². The average Bonchev–Trinajstić information content (AvgIpc) is 3.46. The Hall–Kier alpha value is -1.42. The topological polar surface area (TPSA) is 47.6 Å². The fourth-order valence-corrected chi connectivity index (χ4v) is 4.05. The molecule has 1 aromatic carbocycles. The van der Waals surface area contributed by atoms with E-state index in [0.29, 0.717) is 12.2 Å². The van der Waals surface area contributed by atoms with Crippen LogP contribution < -0.4 is 14.8 Å².